The Morgan fingerprint density at radius 1 is 1.03 bits per heavy atom. The Labute approximate surface area is 198 Å². The standard InChI is InChI=1S/C18H33N3O4S2.2C2H6/c1-4-7-13(16(23)18(25)20-11-12(3)22)21-17(24)14(19-5-2)10-15-26-8-6-9-27-15;2*1-2/h13-16,19,23H,4-11H2,1-3H3,(H,20,25)(H,21,24);2*1-2H3. The lowest BCUT2D eigenvalue weighted by Crippen LogP contribution is -2.55. The zero-order chi connectivity index (χ0) is 24.2. The molecule has 0 bridgehead atoms. The lowest BCUT2D eigenvalue weighted by Gasteiger charge is -2.29. The van der Waals surface area contributed by atoms with Crippen molar-refractivity contribution in [2.75, 3.05) is 24.6 Å². The van der Waals surface area contributed by atoms with Crippen LogP contribution in [0.3, 0.4) is 0 Å². The van der Waals surface area contributed by atoms with Crippen molar-refractivity contribution < 1.29 is 19.5 Å². The topological polar surface area (TPSA) is 108 Å². The molecular formula is C22H45N3O4S2. The Kier molecular flexibility index (Phi) is 22.1. The molecule has 2 amide bonds. The molecule has 9 heteroatoms. The van der Waals surface area contributed by atoms with Crippen molar-refractivity contribution >= 4 is 41.1 Å². The zero-order valence-electron chi connectivity index (χ0n) is 20.5. The van der Waals surface area contributed by atoms with Gasteiger partial charge in [0.2, 0.25) is 5.91 Å². The Morgan fingerprint density at radius 2 is 1.61 bits per heavy atom. The molecule has 7 nitrogen and oxygen atoms in total. The van der Waals surface area contributed by atoms with Gasteiger partial charge in [0.05, 0.1) is 23.2 Å². The molecule has 1 heterocycles. The molecule has 0 aromatic heterocycles. The van der Waals surface area contributed by atoms with E-state index in [1.807, 2.05) is 65.1 Å². The van der Waals surface area contributed by atoms with Gasteiger partial charge < -0.3 is 21.1 Å². The van der Waals surface area contributed by atoms with Crippen molar-refractivity contribution in [3.05, 3.63) is 0 Å². The fourth-order valence-electron chi connectivity index (χ4n) is 2.80. The number of hydrogen-bond acceptors (Lipinski definition) is 7. The molecule has 0 aromatic rings. The first kappa shape index (κ1) is 32.4. The smallest absolute Gasteiger partial charge is 0.251 e. The Hall–Kier alpha value is -0.770. The molecule has 1 saturated heterocycles. The number of ketones is 1. The molecule has 0 radical (unpaired) electrons. The van der Waals surface area contributed by atoms with Crippen LogP contribution >= 0.6 is 23.5 Å². The van der Waals surface area contributed by atoms with E-state index < -0.39 is 18.1 Å². The molecule has 31 heavy (non-hydrogen) atoms. The second-order valence-corrected chi connectivity index (χ2v) is 9.56. The summed E-state index contributed by atoms with van der Waals surface area (Å²) in [4.78, 5) is 35.9. The Morgan fingerprint density at radius 3 is 2.10 bits per heavy atom. The van der Waals surface area contributed by atoms with Crippen LogP contribution in [0.1, 0.15) is 74.1 Å². The van der Waals surface area contributed by atoms with Crippen LogP contribution < -0.4 is 16.0 Å². The van der Waals surface area contributed by atoms with E-state index in [1.54, 1.807) is 0 Å². The monoisotopic (exact) mass is 479 g/mol. The first-order valence-corrected chi connectivity index (χ1v) is 13.7. The lowest BCUT2D eigenvalue weighted by molar-refractivity contribution is -0.134. The van der Waals surface area contributed by atoms with Crippen molar-refractivity contribution in [3.63, 3.8) is 0 Å². The summed E-state index contributed by atoms with van der Waals surface area (Å²) in [6.07, 6.45) is 1.72. The van der Waals surface area contributed by atoms with E-state index in [-0.39, 0.29) is 24.3 Å². The number of rotatable bonds is 12. The molecule has 1 fully saturated rings. The third-order valence-corrected chi connectivity index (χ3v) is 7.17. The number of aliphatic hydroxyl groups excluding tert-OH is 1. The van der Waals surface area contributed by atoms with Crippen LogP contribution in [0.25, 0.3) is 0 Å². The van der Waals surface area contributed by atoms with E-state index in [4.69, 9.17) is 0 Å². The lowest BCUT2D eigenvalue weighted by atomic mass is 10.0. The first-order chi connectivity index (χ1) is 14.9. The molecule has 0 saturated carbocycles. The summed E-state index contributed by atoms with van der Waals surface area (Å²) in [5.74, 6) is 1.21. The maximum Gasteiger partial charge on any atom is 0.251 e. The molecule has 0 aromatic carbocycles. The maximum absolute atomic E-state index is 12.8. The van der Waals surface area contributed by atoms with Gasteiger partial charge in [0, 0.05) is 0 Å². The normalized spacial score (nSPS) is 16.4. The Balaban J connectivity index is 0. The minimum absolute atomic E-state index is 0.126. The maximum atomic E-state index is 12.8. The van der Waals surface area contributed by atoms with Gasteiger partial charge in [-0.05, 0) is 44.2 Å². The van der Waals surface area contributed by atoms with E-state index in [1.165, 1.54) is 13.3 Å². The van der Waals surface area contributed by atoms with E-state index in [9.17, 15) is 19.5 Å². The van der Waals surface area contributed by atoms with E-state index in [0.717, 1.165) is 11.5 Å². The number of carbonyl (C=O) groups is 3. The summed E-state index contributed by atoms with van der Waals surface area (Å²) >= 11 is 3.76. The van der Waals surface area contributed by atoms with Crippen molar-refractivity contribution in [1.82, 2.24) is 16.0 Å². The van der Waals surface area contributed by atoms with Crippen molar-refractivity contribution in [2.45, 2.75) is 96.9 Å². The van der Waals surface area contributed by atoms with Crippen LogP contribution in [-0.4, -0.2) is 70.1 Å². The highest BCUT2D eigenvalue weighted by Crippen LogP contribution is 2.33. The number of aliphatic hydroxyl groups is 1. The van der Waals surface area contributed by atoms with Gasteiger partial charge in [-0.2, -0.15) is 0 Å². The molecule has 1 aliphatic rings. The van der Waals surface area contributed by atoms with Gasteiger partial charge in [-0.25, -0.2) is 0 Å². The van der Waals surface area contributed by atoms with E-state index in [0.29, 0.717) is 30.4 Å². The predicted octanol–water partition coefficient (Wildman–Crippen LogP) is 2.95. The highest BCUT2D eigenvalue weighted by atomic mass is 32.2. The van der Waals surface area contributed by atoms with Gasteiger partial charge in [0.1, 0.15) is 5.78 Å². The average molecular weight is 480 g/mol. The third-order valence-electron chi connectivity index (χ3n) is 4.18. The summed E-state index contributed by atoms with van der Waals surface area (Å²) in [5.41, 5.74) is 0. The highest BCUT2D eigenvalue weighted by Gasteiger charge is 2.30. The van der Waals surface area contributed by atoms with E-state index in [2.05, 4.69) is 16.0 Å². The van der Waals surface area contributed by atoms with Crippen LogP contribution in [0.4, 0.5) is 0 Å². The van der Waals surface area contributed by atoms with Crippen LogP contribution in [0.5, 0.6) is 0 Å². The molecular weight excluding hydrogens is 434 g/mol. The molecule has 3 unspecified atom stereocenters. The van der Waals surface area contributed by atoms with Crippen LogP contribution in [-0.2, 0) is 14.4 Å². The summed E-state index contributed by atoms with van der Waals surface area (Å²) in [6.45, 7) is 13.8. The minimum atomic E-state index is -1.38. The van der Waals surface area contributed by atoms with Crippen molar-refractivity contribution in [1.29, 1.82) is 0 Å². The highest BCUT2D eigenvalue weighted by molar-refractivity contribution is 8.17. The average Bonchev–Trinajstić information content (AvgIpc) is 2.79. The van der Waals surface area contributed by atoms with Crippen LogP contribution in [0.2, 0.25) is 0 Å². The van der Waals surface area contributed by atoms with Gasteiger partial charge in [-0.1, -0.05) is 48.0 Å². The largest absolute Gasteiger partial charge is 0.381 e. The molecule has 3 atom stereocenters. The number of hydrogen-bond donors (Lipinski definition) is 4. The first-order valence-electron chi connectivity index (χ1n) is 11.6. The molecule has 0 spiro atoms. The zero-order valence-corrected chi connectivity index (χ0v) is 22.1. The summed E-state index contributed by atoms with van der Waals surface area (Å²) in [6, 6.07) is -1.03. The van der Waals surface area contributed by atoms with E-state index >= 15 is 0 Å². The van der Waals surface area contributed by atoms with Crippen LogP contribution in [0, 0.1) is 0 Å². The fourth-order valence-corrected chi connectivity index (χ4v) is 5.75. The van der Waals surface area contributed by atoms with Crippen molar-refractivity contribution in [3.8, 4) is 0 Å². The fraction of sp³-hybridized carbons (Fsp3) is 0.864. The van der Waals surface area contributed by atoms with Crippen LogP contribution in [0.15, 0.2) is 0 Å². The predicted molar refractivity (Wildman–Crippen MR) is 135 cm³/mol. The third kappa shape index (κ3) is 14.8. The molecule has 1 aliphatic heterocycles. The molecule has 184 valence electrons. The van der Waals surface area contributed by atoms with Gasteiger partial charge in [-0.3, -0.25) is 14.4 Å². The number of carbonyl (C=O) groups excluding carboxylic acids is 3. The molecule has 1 rings (SSSR count). The Bertz CT molecular complexity index is 489. The quantitative estimate of drug-likeness (QED) is 0.341. The number of nitrogens with one attached hydrogen (secondary N) is 3. The summed E-state index contributed by atoms with van der Waals surface area (Å²) < 4.78 is 0.377. The van der Waals surface area contributed by atoms with Gasteiger partial charge in [-0.15, -0.1) is 23.5 Å². The molecule has 0 aliphatic carbocycles. The summed E-state index contributed by atoms with van der Waals surface area (Å²) in [7, 11) is 0. The van der Waals surface area contributed by atoms with Crippen molar-refractivity contribution in [2.24, 2.45) is 0 Å². The second-order valence-electron chi connectivity index (χ2n) is 6.64. The number of likely N-dealkylation sites (N-methyl/N-ethyl adjacent to an activating group) is 1. The van der Waals surface area contributed by atoms with Gasteiger partial charge in [0.25, 0.3) is 5.91 Å². The van der Waals surface area contributed by atoms with Gasteiger partial charge >= 0.3 is 0 Å². The number of thioether (sulfide) groups is 2. The number of amides is 2. The number of Topliss-reactive ketones (excluding diaryl/α,β-unsaturated/α-hetero) is 1. The molecule has 4 N–H and O–H groups in total. The van der Waals surface area contributed by atoms with Gasteiger partial charge in [0.15, 0.2) is 6.10 Å². The summed E-state index contributed by atoms with van der Waals surface area (Å²) in [5, 5.41) is 18.8. The second kappa shape index (κ2) is 21.1. The minimum Gasteiger partial charge on any atom is -0.381 e. The SMILES string of the molecule is CC.CC.CCCC(NC(=O)C(CC1SCCCS1)NCC)C(O)C(=O)NCC(C)=O.